The molecule has 0 bridgehead atoms. The third-order valence-corrected chi connectivity index (χ3v) is 4.25. The van der Waals surface area contributed by atoms with E-state index in [0.717, 1.165) is 29.6 Å². The Hall–Kier alpha value is 0. The molecule has 0 aliphatic heterocycles. The van der Waals surface area contributed by atoms with Crippen LogP contribution in [0.4, 0.5) is 0 Å². The van der Waals surface area contributed by atoms with E-state index in [4.69, 9.17) is 0 Å². The summed E-state index contributed by atoms with van der Waals surface area (Å²) in [6, 6.07) is 0. The van der Waals surface area contributed by atoms with Gasteiger partial charge in [-0.3, -0.25) is 0 Å². The summed E-state index contributed by atoms with van der Waals surface area (Å²) in [5.41, 5.74) is 0. The second-order valence-corrected chi connectivity index (χ2v) is 5.68. The summed E-state index contributed by atoms with van der Waals surface area (Å²) in [6.45, 7) is 11.9. The van der Waals surface area contributed by atoms with Gasteiger partial charge in [-0.2, -0.15) is 0 Å². The molecule has 0 nitrogen and oxygen atoms in total. The first kappa shape index (κ1) is 11.1. The van der Waals surface area contributed by atoms with Crippen LogP contribution < -0.4 is 0 Å². The van der Waals surface area contributed by atoms with Gasteiger partial charge < -0.3 is 0 Å². The molecule has 0 saturated heterocycles. The maximum atomic E-state index is 2.44. The SMILES string of the molecule is CC(C)C1CCC(C(C)C(C)C)C1. The summed E-state index contributed by atoms with van der Waals surface area (Å²) in [6.07, 6.45) is 4.47. The number of rotatable bonds is 3. The van der Waals surface area contributed by atoms with Gasteiger partial charge in [-0.1, -0.05) is 34.6 Å². The van der Waals surface area contributed by atoms with E-state index in [1.54, 1.807) is 0 Å². The summed E-state index contributed by atoms with van der Waals surface area (Å²) in [5, 5.41) is 0. The Kier molecular flexibility index (Phi) is 3.82. The molecule has 1 saturated carbocycles. The van der Waals surface area contributed by atoms with Crippen molar-refractivity contribution >= 4 is 0 Å². The van der Waals surface area contributed by atoms with Gasteiger partial charge in [0, 0.05) is 0 Å². The Morgan fingerprint density at radius 1 is 0.846 bits per heavy atom. The van der Waals surface area contributed by atoms with Gasteiger partial charge in [0.2, 0.25) is 0 Å². The van der Waals surface area contributed by atoms with Gasteiger partial charge in [-0.25, -0.2) is 0 Å². The lowest BCUT2D eigenvalue weighted by molar-refractivity contribution is 0.264. The van der Waals surface area contributed by atoms with Crippen molar-refractivity contribution in [2.45, 2.75) is 53.9 Å². The van der Waals surface area contributed by atoms with Crippen LogP contribution in [0.5, 0.6) is 0 Å². The fourth-order valence-corrected chi connectivity index (χ4v) is 2.68. The van der Waals surface area contributed by atoms with E-state index in [2.05, 4.69) is 34.6 Å². The van der Waals surface area contributed by atoms with Crippen LogP contribution >= 0.6 is 0 Å². The molecular formula is C13H26. The zero-order valence-corrected chi connectivity index (χ0v) is 10.0. The predicted octanol–water partition coefficient (Wildman–Crippen LogP) is 4.35. The molecule has 1 aliphatic rings. The number of hydrogen-bond donors (Lipinski definition) is 0. The van der Waals surface area contributed by atoms with Crippen molar-refractivity contribution in [3.8, 4) is 0 Å². The van der Waals surface area contributed by atoms with Crippen molar-refractivity contribution in [1.82, 2.24) is 0 Å². The summed E-state index contributed by atoms with van der Waals surface area (Å²) < 4.78 is 0. The summed E-state index contributed by atoms with van der Waals surface area (Å²) in [7, 11) is 0. The Morgan fingerprint density at radius 2 is 1.38 bits per heavy atom. The third-order valence-electron chi connectivity index (χ3n) is 4.25. The Morgan fingerprint density at radius 3 is 1.77 bits per heavy atom. The second-order valence-electron chi connectivity index (χ2n) is 5.68. The minimum absolute atomic E-state index is 0.871. The van der Waals surface area contributed by atoms with Crippen molar-refractivity contribution in [3.05, 3.63) is 0 Å². The Bertz CT molecular complexity index is 146. The highest BCUT2D eigenvalue weighted by molar-refractivity contribution is 4.81. The minimum atomic E-state index is 0.871. The molecule has 3 atom stereocenters. The lowest BCUT2D eigenvalue weighted by Gasteiger charge is -2.23. The molecule has 0 heterocycles. The van der Waals surface area contributed by atoms with Crippen molar-refractivity contribution in [2.75, 3.05) is 0 Å². The highest BCUT2D eigenvalue weighted by Gasteiger charge is 2.30. The first-order valence-corrected chi connectivity index (χ1v) is 6.02. The predicted molar refractivity (Wildman–Crippen MR) is 59.7 cm³/mol. The zero-order valence-electron chi connectivity index (χ0n) is 10.0. The van der Waals surface area contributed by atoms with Crippen LogP contribution in [0.2, 0.25) is 0 Å². The lowest BCUT2D eigenvalue weighted by Crippen LogP contribution is -2.15. The first-order valence-electron chi connectivity index (χ1n) is 6.02. The fraction of sp³-hybridized carbons (Fsp3) is 1.00. The average Bonchev–Trinajstić information content (AvgIpc) is 2.50. The summed E-state index contributed by atoms with van der Waals surface area (Å²) in [4.78, 5) is 0. The highest BCUT2D eigenvalue weighted by Crippen LogP contribution is 2.41. The van der Waals surface area contributed by atoms with Crippen LogP contribution in [0.3, 0.4) is 0 Å². The molecule has 78 valence electrons. The van der Waals surface area contributed by atoms with Crippen LogP contribution in [-0.4, -0.2) is 0 Å². The van der Waals surface area contributed by atoms with Crippen molar-refractivity contribution < 1.29 is 0 Å². The molecule has 0 aromatic heterocycles. The van der Waals surface area contributed by atoms with Crippen LogP contribution in [0.1, 0.15) is 53.9 Å². The Balaban J connectivity index is 2.40. The van der Waals surface area contributed by atoms with Gasteiger partial charge in [-0.15, -0.1) is 0 Å². The molecule has 1 fully saturated rings. The van der Waals surface area contributed by atoms with E-state index < -0.39 is 0 Å². The largest absolute Gasteiger partial charge is 0.0625 e. The average molecular weight is 182 g/mol. The second kappa shape index (κ2) is 4.48. The van der Waals surface area contributed by atoms with Crippen molar-refractivity contribution in [3.63, 3.8) is 0 Å². The van der Waals surface area contributed by atoms with E-state index in [1.165, 1.54) is 19.3 Å². The molecule has 0 radical (unpaired) electrons. The smallest absolute Gasteiger partial charge is 0.0383 e. The highest BCUT2D eigenvalue weighted by atomic mass is 14.4. The maximum Gasteiger partial charge on any atom is -0.0383 e. The standard InChI is InChI=1S/C13H26/c1-9(2)11(5)13-7-6-12(8-13)10(3)4/h9-13H,6-8H2,1-5H3. The molecule has 0 heteroatoms. The molecular weight excluding hydrogens is 156 g/mol. The third kappa shape index (κ3) is 2.72. The fourth-order valence-electron chi connectivity index (χ4n) is 2.68. The van der Waals surface area contributed by atoms with Gasteiger partial charge >= 0.3 is 0 Å². The van der Waals surface area contributed by atoms with Gasteiger partial charge in [0.05, 0.1) is 0 Å². The topological polar surface area (TPSA) is 0 Å². The molecule has 0 aromatic carbocycles. The summed E-state index contributed by atoms with van der Waals surface area (Å²) in [5.74, 6) is 4.75. The summed E-state index contributed by atoms with van der Waals surface area (Å²) >= 11 is 0. The molecule has 0 aromatic rings. The molecule has 1 rings (SSSR count). The molecule has 1 aliphatic carbocycles. The van der Waals surface area contributed by atoms with Crippen molar-refractivity contribution in [1.29, 1.82) is 0 Å². The molecule has 0 amide bonds. The van der Waals surface area contributed by atoms with Gasteiger partial charge in [0.1, 0.15) is 0 Å². The molecule has 13 heavy (non-hydrogen) atoms. The van der Waals surface area contributed by atoms with Crippen LogP contribution in [0.25, 0.3) is 0 Å². The number of hydrogen-bond acceptors (Lipinski definition) is 0. The van der Waals surface area contributed by atoms with E-state index in [1.807, 2.05) is 0 Å². The normalized spacial score (nSPS) is 31.6. The van der Waals surface area contributed by atoms with Gasteiger partial charge in [-0.05, 0) is 48.9 Å². The van der Waals surface area contributed by atoms with Crippen molar-refractivity contribution in [2.24, 2.45) is 29.6 Å². The molecule has 0 N–H and O–H groups in total. The Labute approximate surface area is 84.1 Å². The molecule has 3 unspecified atom stereocenters. The van der Waals surface area contributed by atoms with Crippen LogP contribution in [0, 0.1) is 29.6 Å². The van der Waals surface area contributed by atoms with Gasteiger partial charge in [0.25, 0.3) is 0 Å². The quantitative estimate of drug-likeness (QED) is 0.608. The van der Waals surface area contributed by atoms with E-state index in [-0.39, 0.29) is 0 Å². The van der Waals surface area contributed by atoms with Crippen LogP contribution in [-0.2, 0) is 0 Å². The zero-order chi connectivity index (χ0) is 10.0. The molecule has 0 spiro atoms. The lowest BCUT2D eigenvalue weighted by atomic mass is 9.82. The van der Waals surface area contributed by atoms with Gasteiger partial charge in [0.15, 0.2) is 0 Å². The monoisotopic (exact) mass is 182 g/mol. The maximum absolute atomic E-state index is 2.44. The minimum Gasteiger partial charge on any atom is -0.0625 e. The van der Waals surface area contributed by atoms with E-state index in [0.29, 0.717) is 0 Å². The van der Waals surface area contributed by atoms with E-state index >= 15 is 0 Å². The van der Waals surface area contributed by atoms with E-state index in [9.17, 15) is 0 Å². The van der Waals surface area contributed by atoms with Crippen LogP contribution in [0.15, 0.2) is 0 Å². The first-order chi connectivity index (χ1) is 6.02.